The Morgan fingerprint density at radius 2 is 2.06 bits per heavy atom. The summed E-state index contributed by atoms with van der Waals surface area (Å²) in [6.45, 7) is 9.38. The number of aromatic nitrogens is 1. The van der Waals surface area contributed by atoms with E-state index in [2.05, 4.69) is 40.2 Å². The first kappa shape index (κ1) is 13.6. The monoisotopic (exact) mass is 249 g/mol. The molecule has 1 aromatic heterocycles. The molecule has 1 aliphatic heterocycles. The van der Waals surface area contributed by atoms with Crippen molar-refractivity contribution < 1.29 is 0 Å². The van der Waals surface area contributed by atoms with Gasteiger partial charge in [0.15, 0.2) is 0 Å². The third kappa shape index (κ3) is 4.46. The summed E-state index contributed by atoms with van der Waals surface area (Å²) in [6.07, 6.45) is 9.78. The van der Waals surface area contributed by atoms with Crippen molar-refractivity contribution in [3.63, 3.8) is 0 Å². The molecule has 1 aliphatic rings. The van der Waals surface area contributed by atoms with Crippen LogP contribution in [0.25, 0.3) is 0 Å². The zero-order valence-corrected chi connectivity index (χ0v) is 11.7. The molecule has 1 N–H and O–H groups in total. The largest absolute Gasteiger partial charge is 0.354 e. The van der Waals surface area contributed by atoms with E-state index in [0.717, 1.165) is 19.6 Å². The van der Waals surface area contributed by atoms with Crippen LogP contribution in [0.5, 0.6) is 0 Å². The Morgan fingerprint density at radius 1 is 1.22 bits per heavy atom. The van der Waals surface area contributed by atoms with Crippen molar-refractivity contribution in [3.8, 4) is 0 Å². The molecular formula is C15H27N3. The molecule has 0 atom stereocenters. The predicted octanol–water partition coefficient (Wildman–Crippen LogP) is 2.47. The number of aryl methyl sites for hydroxylation is 1. The van der Waals surface area contributed by atoms with Gasteiger partial charge in [-0.25, -0.2) is 0 Å². The lowest BCUT2D eigenvalue weighted by Crippen LogP contribution is -2.21. The van der Waals surface area contributed by atoms with Gasteiger partial charge in [0.05, 0.1) is 0 Å². The first-order valence-electron chi connectivity index (χ1n) is 7.46. The van der Waals surface area contributed by atoms with E-state index in [9.17, 15) is 0 Å². The fraction of sp³-hybridized carbons (Fsp3) is 0.733. The van der Waals surface area contributed by atoms with E-state index < -0.39 is 0 Å². The molecule has 3 heteroatoms. The van der Waals surface area contributed by atoms with Gasteiger partial charge in [0.1, 0.15) is 0 Å². The third-order valence-corrected chi connectivity index (χ3v) is 3.66. The molecule has 1 fully saturated rings. The van der Waals surface area contributed by atoms with Crippen LogP contribution in [0.15, 0.2) is 18.5 Å². The van der Waals surface area contributed by atoms with Crippen LogP contribution in [-0.4, -0.2) is 35.6 Å². The highest BCUT2D eigenvalue weighted by Gasteiger charge is 2.10. The lowest BCUT2D eigenvalue weighted by Gasteiger charge is -2.14. The molecular weight excluding hydrogens is 222 g/mol. The second-order valence-electron chi connectivity index (χ2n) is 5.34. The van der Waals surface area contributed by atoms with Crippen LogP contribution >= 0.6 is 0 Å². The summed E-state index contributed by atoms with van der Waals surface area (Å²) < 4.78 is 2.33. The molecule has 0 spiro atoms. The second kappa shape index (κ2) is 7.59. The second-order valence-corrected chi connectivity index (χ2v) is 5.34. The highest BCUT2D eigenvalue weighted by atomic mass is 15.1. The third-order valence-electron chi connectivity index (χ3n) is 3.66. The van der Waals surface area contributed by atoms with Crippen molar-refractivity contribution in [2.24, 2.45) is 0 Å². The molecule has 0 saturated carbocycles. The maximum absolute atomic E-state index is 3.44. The fourth-order valence-corrected chi connectivity index (χ4v) is 2.63. The highest BCUT2D eigenvalue weighted by molar-refractivity contribution is 5.09. The Labute approximate surface area is 111 Å². The Hall–Kier alpha value is -0.800. The number of rotatable bonds is 8. The minimum atomic E-state index is 1.01. The summed E-state index contributed by atoms with van der Waals surface area (Å²) >= 11 is 0. The van der Waals surface area contributed by atoms with Gasteiger partial charge in [-0.1, -0.05) is 6.92 Å². The van der Waals surface area contributed by atoms with E-state index in [1.54, 1.807) is 0 Å². The summed E-state index contributed by atoms with van der Waals surface area (Å²) in [5.74, 6) is 0. The van der Waals surface area contributed by atoms with Crippen LogP contribution in [0.2, 0.25) is 0 Å². The van der Waals surface area contributed by atoms with Crippen LogP contribution in [0.3, 0.4) is 0 Å². The van der Waals surface area contributed by atoms with Gasteiger partial charge in [-0.15, -0.1) is 0 Å². The van der Waals surface area contributed by atoms with Crippen molar-refractivity contribution >= 4 is 0 Å². The Bertz CT molecular complexity index is 326. The van der Waals surface area contributed by atoms with Gasteiger partial charge in [-0.3, -0.25) is 0 Å². The quantitative estimate of drug-likeness (QED) is 0.714. The minimum Gasteiger partial charge on any atom is -0.354 e. The molecule has 0 aliphatic carbocycles. The SMILES string of the molecule is CCCNCc1ccn(CCCN2CCCC2)c1. The van der Waals surface area contributed by atoms with E-state index >= 15 is 0 Å². The summed E-state index contributed by atoms with van der Waals surface area (Å²) in [7, 11) is 0. The molecule has 18 heavy (non-hydrogen) atoms. The lowest BCUT2D eigenvalue weighted by molar-refractivity contribution is 0.325. The molecule has 0 amide bonds. The first-order chi connectivity index (χ1) is 8.88. The Balaban J connectivity index is 1.63. The van der Waals surface area contributed by atoms with Crippen LogP contribution < -0.4 is 5.32 Å². The highest BCUT2D eigenvalue weighted by Crippen LogP contribution is 2.08. The lowest BCUT2D eigenvalue weighted by atomic mass is 10.3. The van der Waals surface area contributed by atoms with Gasteiger partial charge < -0.3 is 14.8 Å². The molecule has 1 saturated heterocycles. The van der Waals surface area contributed by atoms with Crippen LogP contribution in [-0.2, 0) is 13.1 Å². The Kier molecular flexibility index (Phi) is 5.75. The zero-order valence-electron chi connectivity index (χ0n) is 11.7. The van der Waals surface area contributed by atoms with Gasteiger partial charge in [-0.2, -0.15) is 0 Å². The molecule has 3 nitrogen and oxygen atoms in total. The topological polar surface area (TPSA) is 20.2 Å². The number of hydrogen-bond acceptors (Lipinski definition) is 2. The number of nitrogens with zero attached hydrogens (tertiary/aromatic N) is 2. The maximum atomic E-state index is 3.44. The zero-order chi connectivity index (χ0) is 12.6. The van der Waals surface area contributed by atoms with E-state index in [4.69, 9.17) is 0 Å². The summed E-state index contributed by atoms with van der Waals surface area (Å²) in [6, 6.07) is 2.23. The normalized spacial score (nSPS) is 16.5. The smallest absolute Gasteiger partial charge is 0.0231 e. The van der Waals surface area contributed by atoms with E-state index in [1.807, 2.05) is 0 Å². The predicted molar refractivity (Wildman–Crippen MR) is 76.7 cm³/mol. The standard InChI is InChI=1S/C15H27N3/c1-2-7-16-13-15-6-12-18(14-15)11-5-10-17-8-3-4-9-17/h6,12,14,16H,2-5,7-11,13H2,1H3. The average Bonchev–Trinajstić information content (AvgIpc) is 3.01. The Morgan fingerprint density at radius 3 is 2.83 bits per heavy atom. The first-order valence-corrected chi connectivity index (χ1v) is 7.46. The van der Waals surface area contributed by atoms with Crippen molar-refractivity contribution in [3.05, 3.63) is 24.0 Å². The van der Waals surface area contributed by atoms with Crippen molar-refractivity contribution in [1.82, 2.24) is 14.8 Å². The summed E-state index contributed by atoms with van der Waals surface area (Å²) in [5.41, 5.74) is 1.41. The number of nitrogens with one attached hydrogen (secondary N) is 1. The van der Waals surface area contributed by atoms with Crippen LogP contribution in [0.1, 0.15) is 38.2 Å². The molecule has 2 heterocycles. The minimum absolute atomic E-state index is 1.01. The average molecular weight is 249 g/mol. The molecule has 0 unspecified atom stereocenters. The van der Waals surface area contributed by atoms with Crippen molar-refractivity contribution in [2.75, 3.05) is 26.2 Å². The van der Waals surface area contributed by atoms with Gasteiger partial charge in [0, 0.05) is 25.5 Å². The molecule has 102 valence electrons. The molecule has 0 bridgehead atoms. The van der Waals surface area contributed by atoms with Gasteiger partial charge >= 0.3 is 0 Å². The van der Waals surface area contributed by atoms with Crippen LogP contribution in [0, 0.1) is 0 Å². The van der Waals surface area contributed by atoms with Gasteiger partial charge in [0.2, 0.25) is 0 Å². The number of likely N-dealkylation sites (tertiary alicyclic amines) is 1. The van der Waals surface area contributed by atoms with Gasteiger partial charge in [-0.05, 0) is 63.5 Å². The van der Waals surface area contributed by atoms with Crippen molar-refractivity contribution in [2.45, 2.75) is 45.7 Å². The summed E-state index contributed by atoms with van der Waals surface area (Å²) in [4.78, 5) is 2.59. The fourth-order valence-electron chi connectivity index (χ4n) is 2.63. The van der Waals surface area contributed by atoms with E-state index in [0.29, 0.717) is 0 Å². The van der Waals surface area contributed by atoms with E-state index in [-0.39, 0.29) is 0 Å². The van der Waals surface area contributed by atoms with Gasteiger partial charge in [0.25, 0.3) is 0 Å². The molecule has 0 aromatic carbocycles. The van der Waals surface area contributed by atoms with Crippen molar-refractivity contribution in [1.29, 1.82) is 0 Å². The molecule has 1 aromatic rings. The van der Waals surface area contributed by atoms with E-state index in [1.165, 1.54) is 50.9 Å². The number of hydrogen-bond donors (Lipinski definition) is 1. The maximum Gasteiger partial charge on any atom is 0.0231 e. The molecule has 0 radical (unpaired) electrons. The van der Waals surface area contributed by atoms with Crippen LogP contribution in [0.4, 0.5) is 0 Å². The molecule has 2 rings (SSSR count). The summed E-state index contributed by atoms with van der Waals surface area (Å²) in [5, 5.41) is 3.44.